The van der Waals surface area contributed by atoms with E-state index in [0.717, 1.165) is 11.4 Å². The number of benzene rings is 1. The number of hydrogen-bond acceptors (Lipinski definition) is 4. The molecule has 1 aromatic carbocycles. The largest absolute Gasteiger partial charge is 0.357 e. The summed E-state index contributed by atoms with van der Waals surface area (Å²) in [6.45, 7) is 1.28. The van der Waals surface area contributed by atoms with E-state index < -0.39 is 0 Å². The summed E-state index contributed by atoms with van der Waals surface area (Å²) in [5.74, 6) is 0.472. The average Bonchev–Trinajstić information content (AvgIpc) is 2.39. The number of nitrogens with two attached hydrogens (primary N) is 1. The van der Waals surface area contributed by atoms with Crippen molar-refractivity contribution >= 4 is 5.82 Å². The van der Waals surface area contributed by atoms with Crippen molar-refractivity contribution in [1.82, 2.24) is 10.2 Å². The van der Waals surface area contributed by atoms with Gasteiger partial charge in [0.05, 0.1) is 5.69 Å². The molecule has 0 aliphatic carbocycles. The van der Waals surface area contributed by atoms with Crippen LogP contribution in [0.15, 0.2) is 36.4 Å². The van der Waals surface area contributed by atoms with Gasteiger partial charge in [0.2, 0.25) is 0 Å². The molecule has 18 heavy (non-hydrogen) atoms. The lowest BCUT2D eigenvalue weighted by Gasteiger charge is -2.16. The van der Waals surface area contributed by atoms with Gasteiger partial charge < -0.3 is 10.6 Å². The van der Waals surface area contributed by atoms with Crippen molar-refractivity contribution < 1.29 is 4.39 Å². The highest BCUT2D eigenvalue weighted by atomic mass is 19.1. The second-order valence-corrected chi connectivity index (χ2v) is 4.00. The van der Waals surface area contributed by atoms with Gasteiger partial charge in [-0.3, -0.25) is 0 Å². The molecule has 0 aliphatic rings. The molecule has 0 spiro atoms. The van der Waals surface area contributed by atoms with Crippen LogP contribution in [-0.2, 0) is 0 Å². The van der Waals surface area contributed by atoms with Crippen molar-refractivity contribution in [2.24, 2.45) is 5.73 Å². The van der Waals surface area contributed by atoms with E-state index in [2.05, 4.69) is 10.2 Å². The van der Waals surface area contributed by atoms with Crippen molar-refractivity contribution in [2.45, 2.75) is 0 Å². The van der Waals surface area contributed by atoms with Crippen molar-refractivity contribution in [3.63, 3.8) is 0 Å². The number of anilines is 1. The molecule has 0 atom stereocenters. The fourth-order valence-corrected chi connectivity index (χ4v) is 1.64. The average molecular weight is 246 g/mol. The van der Waals surface area contributed by atoms with E-state index in [4.69, 9.17) is 5.73 Å². The molecule has 2 rings (SSSR count). The maximum atomic E-state index is 13.1. The molecule has 0 aliphatic heterocycles. The summed E-state index contributed by atoms with van der Waals surface area (Å²) in [6.07, 6.45) is 0. The maximum Gasteiger partial charge on any atom is 0.151 e. The SMILES string of the molecule is CN(CCN)c1ccc(-c2cccc(F)c2)nn1. The number of rotatable bonds is 4. The minimum Gasteiger partial charge on any atom is -0.357 e. The molecule has 5 heteroatoms. The van der Waals surface area contributed by atoms with Crippen LogP contribution in [0.5, 0.6) is 0 Å². The molecule has 4 nitrogen and oxygen atoms in total. The predicted molar refractivity (Wildman–Crippen MR) is 69.8 cm³/mol. The lowest BCUT2D eigenvalue weighted by atomic mass is 10.1. The molecule has 0 saturated carbocycles. The summed E-state index contributed by atoms with van der Waals surface area (Å²) in [5, 5.41) is 8.20. The highest BCUT2D eigenvalue weighted by Crippen LogP contribution is 2.18. The normalized spacial score (nSPS) is 10.4. The lowest BCUT2D eigenvalue weighted by molar-refractivity contribution is 0.628. The molecule has 2 N–H and O–H groups in total. The molecule has 94 valence electrons. The summed E-state index contributed by atoms with van der Waals surface area (Å²) >= 11 is 0. The Balaban J connectivity index is 2.22. The van der Waals surface area contributed by atoms with Crippen LogP contribution in [0.2, 0.25) is 0 Å². The van der Waals surface area contributed by atoms with E-state index >= 15 is 0 Å². The number of hydrogen-bond donors (Lipinski definition) is 1. The van der Waals surface area contributed by atoms with Crippen LogP contribution >= 0.6 is 0 Å². The van der Waals surface area contributed by atoms with Crippen LogP contribution in [0.4, 0.5) is 10.2 Å². The number of halogens is 1. The quantitative estimate of drug-likeness (QED) is 0.891. The Morgan fingerprint density at radius 3 is 2.67 bits per heavy atom. The van der Waals surface area contributed by atoms with Crippen LogP contribution in [0.1, 0.15) is 0 Å². The smallest absolute Gasteiger partial charge is 0.151 e. The van der Waals surface area contributed by atoms with Gasteiger partial charge in [0, 0.05) is 25.7 Å². The van der Waals surface area contributed by atoms with Crippen molar-refractivity contribution in [3.8, 4) is 11.3 Å². The van der Waals surface area contributed by atoms with E-state index in [-0.39, 0.29) is 5.82 Å². The lowest BCUT2D eigenvalue weighted by Crippen LogP contribution is -2.25. The van der Waals surface area contributed by atoms with E-state index in [1.807, 2.05) is 24.1 Å². The molecule has 0 saturated heterocycles. The molecule has 0 fully saturated rings. The fraction of sp³-hybridized carbons (Fsp3) is 0.231. The van der Waals surface area contributed by atoms with E-state index in [1.54, 1.807) is 12.1 Å². The zero-order chi connectivity index (χ0) is 13.0. The Kier molecular flexibility index (Phi) is 3.84. The van der Waals surface area contributed by atoms with Crippen LogP contribution in [-0.4, -0.2) is 30.3 Å². The number of aromatic nitrogens is 2. The molecule has 0 bridgehead atoms. The van der Waals surface area contributed by atoms with E-state index in [0.29, 0.717) is 18.8 Å². The molecule has 1 heterocycles. The summed E-state index contributed by atoms with van der Waals surface area (Å²) in [6, 6.07) is 9.97. The molecular formula is C13H15FN4. The zero-order valence-electron chi connectivity index (χ0n) is 10.2. The second-order valence-electron chi connectivity index (χ2n) is 4.00. The van der Waals surface area contributed by atoms with E-state index in [1.165, 1.54) is 12.1 Å². The van der Waals surface area contributed by atoms with Gasteiger partial charge in [-0.2, -0.15) is 0 Å². The minimum absolute atomic E-state index is 0.279. The van der Waals surface area contributed by atoms with Gasteiger partial charge in [0.25, 0.3) is 0 Å². The summed E-state index contributed by atoms with van der Waals surface area (Å²) in [4.78, 5) is 1.92. The Morgan fingerprint density at radius 2 is 2.06 bits per heavy atom. The Labute approximate surface area is 105 Å². The van der Waals surface area contributed by atoms with Gasteiger partial charge >= 0.3 is 0 Å². The molecule has 2 aromatic rings. The maximum absolute atomic E-state index is 13.1. The van der Waals surface area contributed by atoms with Crippen molar-refractivity contribution in [2.75, 3.05) is 25.0 Å². The van der Waals surface area contributed by atoms with Gasteiger partial charge in [0.1, 0.15) is 5.82 Å². The summed E-state index contributed by atoms with van der Waals surface area (Å²) in [7, 11) is 1.90. The summed E-state index contributed by atoms with van der Waals surface area (Å²) in [5.41, 5.74) is 6.84. The standard InChI is InChI=1S/C13H15FN4/c1-18(8-7-15)13-6-5-12(16-17-13)10-3-2-4-11(14)9-10/h2-6,9H,7-8,15H2,1H3. The first-order valence-electron chi connectivity index (χ1n) is 5.71. The topological polar surface area (TPSA) is 55.0 Å². The van der Waals surface area contributed by atoms with Crippen molar-refractivity contribution in [3.05, 3.63) is 42.2 Å². The Hall–Kier alpha value is -2.01. The first-order valence-corrected chi connectivity index (χ1v) is 5.71. The Bertz CT molecular complexity index is 513. The van der Waals surface area contributed by atoms with Crippen molar-refractivity contribution in [1.29, 1.82) is 0 Å². The first-order chi connectivity index (χ1) is 8.70. The molecule has 1 aromatic heterocycles. The van der Waals surface area contributed by atoms with Gasteiger partial charge in [0.15, 0.2) is 5.82 Å². The van der Waals surface area contributed by atoms with Crippen LogP contribution in [0.3, 0.4) is 0 Å². The first kappa shape index (κ1) is 12.4. The molecular weight excluding hydrogens is 231 g/mol. The predicted octanol–water partition coefficient (Wildman–Crippen LogP) is 1.68. The van der Waals surface area contributed by atoms with Crippen LogP contribution in [0.25, 0.3) is 11.3 Å². The molecule has 0 amide bonds. The minimum atomic E-state index is -0.279. The Morgan fingerprint density at radius 1 is 1.22 bits per heavy atom. The monoisotopic (exact) mass is 246 g/mol. The van der Waals surface area contributed by atoms with E-state index in [9.17, 15) is 4.39 Å². The van der Waals surface area contributed by atoms with Gasteiger partial charge in [-0.15, -0.1) is 10.2 Å². The third-order valence-corrected chi connectivity index (χ3v) is 2.63. The second kappa shape index (κ2) is 5.55. The third kappa shape index (κ3) is 2.81. The summed E-state index contributed by atoms with van der Waals surface area (Å²) < 4.78 is 13.1. The number of likely N-dealkylation sites (N-methyl/N-ethyl adjacent to an activating group) is 1. The van der Waals surface area contributed by atoms with Gasteiger partial charge in [-0.05, 0) is 24.3 Å². The molecule has 0 unspecified atom stereocenters. The molecule has 0 radical (unpaired) electrons. The number of nitrogens with zero attached hydrogens (tertiary/aromatic N) is 3. The highest BCUT2D eigenvalue weighted by molar-refractivity contribution is 5.59. The highest BCUT2D eigenvalue weighted by Gasteiger charge is 2.04. The van der Waals surface area contributed by atoms with Crippen LogP contribution < -0.4 is 10.6 Å². The van der Waals surface area contributed by atoms with Gasteiger partial charge in [-0.1, -0.05) is 12.1 Å². The fourth-order valence-electron chi connectivity index (χ4n) is 1.64. The van der Waals surface area contributed by atoms with Crippen LogP contribution in [0, 0.1) is 5.82 Å². The van der Waals surface area contributed by atoms with Gasteiger partial charge in [-0.25, -0.2) is 4.39 Å². The zero-order valence-corrected chi connectivity index (χ0v) is 10.2. The third-order valence-electron chi connectivity index (χ3n) is 2.63.